The second-order valence-electron chi connectivity index (χ2n) is 12.4. The van der Waals surface area contributed by atoms with E-state index in [4.69, 9.17) is 0 Å². The standard InChI is InChI=1S/C45H25N5/c46-26-29-16-18-44-40(20-29)38-12-3-5-14-42(38)49(44)35-10-7-9-31(23-35)33-22-34(37-11-2-1-8-32(37)28-48)25-36(24-33)50-43-15-6-4-13-39(43)41-21-30(27-47)17-19-45(41)50/h1-25H. The monoisotopic (exact) mass is 635 g/mol. The molecule has 9 aromatic rings. The van der Waals surface area contributed by atoms with Crippen molar-refractivity contribution in [1.82, 2.24) is 9.13 Å². The Bertz CT molecular complexity index is 2970. The summed E-state index contributed by atoms with van der Waals surface area (Å²) in [5.41, 5.74) is 11.7. The highest BCUT2D eigenvalue weighted by Gasteiger charge is 2.17. The molecule has 2 aromatic heterocycles. The van der Waals surface area contributed by atoms with Crippen LogP contribution in [0.4, 0.5) is 0 Å². The van der Waals surface area contributed by atoms with Gasteiger partial charge in [-0.3, -0.25) is 0 Å². The molecule has 0 aliphatic carbocycles. The molecule has 5 heteroatoms. The van der Waals surface area contributed by atoms with Crippen LogP contribution in [0.15, 0.2) is 152 Å². The van der Waals surface area contributed by atoms with Crippen molar-refractivity contribution in [3.05, 3.63) is 168 Å². The second-order valence-corrected chi connectivity index (χ2v) is 12.4. The van der Waals surface area contributed by atoms with Crippen LogP contribution in [-0.2, 0) is 0 Å². The summed E-state index contributed by atoms with van der Waals surface area (Å²) in [7, 11) is 0. The number of para-hydroxylation sites is 2. The number of rotatable bonds is 4. The number of hydrogen-bond donors (Lipinski definition) is 0. The van der Waals surface area contributed by atoms with Crippen molar-refractivity contribution in [1.29, 1.82) is 15.8 Å². The smallest absolute Gasteiger partial charge is 0.0998 e. The molecule has 0 atom stereocenters. The molecule has 0 N–H and O–H groups in total. The molecule has 0 saturated carbocycles. The fourth-order valence-corrected chi connectivity index (χ4v) is 7.36. The van der Waals surface area contributed by atoms with Crippen LogP contribution in [0.25, 0.3) is 77.2 Å². The van der Waals surface area contributed by atoms with Crippen LogP contribution < -0.4 is 0 Å². The fourth-order valence-electron chi connectivity index (χ4n) is 7.36. The van der Waals surface area contributed by atoms with Gasteiger partial charge in [0, 0.05) is 32.9 Å². The summed E-state index contributed by atoms with van der Waals surface area (Å²) in [6.07, 6.45) is 0. The van der Waals surface area contributed by atoms with Gasteiger partial charge in [0.15, 0.2) is 0 Å². The Balaban J connectivity index is 1.31. The maximum Gasteiger partial charge on any atom is 0.0998 e. The van der Waals surface area contributed by atoms with E-state index in [-0.39, 0.29) is 0 Å². The Morgan fingerprint density at radius 2 is 0.900 bits per heavy atom. The van der Waals surface area contributed by atoms with Gasteiger partial charge in [0.2, 0.25) is 0 Å². The average molecular weight is 636 g/mol. The van der Waals surface area contributed by atoms with Gasteiger partial charge in [0.05, 0.1) is 57.0 Å². The lowest BCUT2D eigenvalue weighted by molar-refractivity contribution is 1.17. The van der Waals surface area contributed by atoms with Gasteiger partial charge in [-0.15, -0.1) is 0 Å². The van der Waals surface area contributed by atoms with Gasteiger partial charge in [-0.05, 0) is 107 Å². The molecule has 0 aliphatic rings. The van der Waals surface area contributed by atoms with Crippen LogP contribution >= 0.6 is 0 Å². The molecule has 0 aliphatic heterocycles. The minimum atomic E-state index is 0.604. The third-order valence-electron chi connectivity index (χ3n) is 9.58. The maximum atomic E-state index is 10.1. The first-order valence-electron chi connectivity index (χ1n) is 16.3. The van der Waals surface area contributed by atoms with Crippen LogP contribution in [0, 0.1) is 34.0 Å². The molecule has 230 valence electrons. The predicted octanol–water partition coefficient (Wildman–Crippen LogP) is 10.8. The molecule has 0 amide bonds. The average Bonchev–Trinajstić information content (AvgIpc) is 3.69. The van der Waals surface area contributed by atoms with E-state index in [9.17, 15) is 15.8 Å². The molecule has 50 heavy (non-hydrogen) atoms. The Kier molecular flexibility index (Phi) is 6.56. The van der Waals surface area contributed by atoms with Crippen molar-refractivity contribution in [2.75, 3.05) is 0 Å². The summed E-state index contributed by atoms with van der Waals surface area (Å²) >= 11 is 0. The lowest BCUT2D eigenvalue weighted by Gasteiger charge is -2.15. The highest BCUT2D eigenvalue weighted by molar-refractivity contribution is 6.11. The van der Waals surface area contributed by atoms with E-state index in [0.717, 1.165) is 77.2 Å². The van der Waals surface area contributed by atoms with E-state index in [1.54, 1.807) is 0 Å². The number of nitrogens with zero attached hydrogens (tertiary/aromatic N) is 5. The van der Waals surface area contributed by atoms with Gasteiger partial charge < -0.3 is 9.13 Å². The summed E-state index contributed by atoms with van der Waals surface area (Å²) in [4.78, 5) is 0. The molecule has 7 aromatic carbocycles. The van der Waals surface area contributed by atoms with Crippen LogP contribution in [0.1, 0.15) is 16.7 Å². The molecule has 0 bridgehead atoms. The van der Waals surface area contributed by atoms with Crippen LogP contribution in [0.2, 0.25) is 0 Å². The molecular formula is C45H25N5. The van der Waals surface area contributed by atoms with Gasteiger partial charge in [-0.1, -0.05) is 66.7 Å². The SMILES string of the molecule is N#Cc1ccc2c(c1)c1ccccc1n2-c1cccc(-c2cc(-c3ccccc3C#N)cc(-n3c4ccccc4c4cc(C#N)ccc43)c2)c1. The summed E-state index contributed by atoms with van der Waals surface area (Å²) in [6, 6.07) is 58.0. The van der Waals surface area contributed by atoms with Crippen molar-refractivity contribution in [3.63, 3.8) is 0 Å². The Morgan fingerprint density at radius 3 is 1.54 bits per heavy atom. The summed E-state index contributed by atoms with van der Waals surface area (Å²) in [6.45, 7) is 0. The molecule has 2 heterocycles. The number of hydrogen-bond acceptors (Lipinski definition) is 3. The summed E-state index contributed by atoms with van der Waals surface area (Å²) in [5, 5.41) is 33.6. The molecular weight excluding hydrogens is 611 g/mol. The van der Waals surface area contributed by atoms with Crippen molar-refractivity contribution >= 4 is 43.6 Å². The van der Waals surface area contributed by atoms with Crippen molar-refractivity contribution < 1.29 is 0 Å². The first-order valence-corrected chi connectivity index (χ1v) is 16.3. The molecule has 0 saturated heterocycles. The largest absolute Gasteiger partial charge is 0.309 e. The van der Waals surface area contributed by atoms with Gasteiger partial charge in [0.1, 0.15) is 0 Å². The molecule has 0 radical (unpaired) electrons. The third kappa shape index (κ3) is 4.45. The van der Waals surface area contributed by atoms with E-state index in [2.05, 4.69) is 94.1 Å². The van der Waals surface area contributed by atoms with Gasteiger partial charge in [-0.2, -0.15) is 15.8 Å². The zero-order valence-electron chi connectivity index (χ0n) is 26.7. The van der Waals surface area contributed by atoms with Crippen molar-refractivity contribution in [2.45, 2.75) is 0 Å². The number of fused-ring (bicyclic) bond motifs is 6. The minimum Gasteiger partial charge on any atom is -0.309 e. The third-order valence-corrected chi connectivity index (χ3v) is 9.58. The lowest BCUT2D eigenvalue weighted by Crippen LogP contribution is -1.97. The lowest BCUT2D eigenvalue weighted by atomic mass is 9.95. The second kappa shape index (κ2) is 11.4. The maximum absolute atomic E-state index is 10.1. The Morgan fingerprint density at radius 1 is 0.360 bits per heavy atom. The van der Waals surface area contributed by atoms with Crippen molar-refractivity contribution in [3.8, 4) is 51.8 Å². The normalized spacial score (nSPS) is 11.1. The molecule has 0 spiro atoms. The number of aromatic nitrogens is 2. The zero-order valence-corrected chi connectivity index (χ0v) is 26.7. The molecule has 9 rings (SSSR count). The van der Waals surface area contributed by atoms with Crippen LogP contribution in [0.5, 0.6) is 0 Å². The summed E-state index contributed by atoms with van der Waals surface area (Å²) < 4.78 is 4.50. The highest BCUT2D eigenvalue weighted by atomic mass is 15.0. The van der Waals surface area contributed by atoms with Gasteiger partial charge in [0.25, 0.3) is 0 Å². The number of benzene rings is 7. The quantitative estimate of drug-likeness (QED) is 0.193. The minimum absolute atomic E-state index is 0.604. The first-order chi connectivity index (χ1) is 24.6. The predicted molar refractivity (Wildman–Crippen MR) is 200 cm³/mol. The van der Waals surface area contributed by atoms with E-state index in [0.29, 0.717) is 16.7 Å². The topological polar surface area (TPSA) is 81.2 Å². The van der Waals surface area contributed by atoms with Crippen LogP contribution in [-0.4, -0.2) is 9.13 Å². The molecule has 0 unspecified atom stereocenters. The molecule has 5 nitrogen and oxygen atoms in total. The van der Waals surface area contributed by atoms with Crippen molar-refractivity contribution in [2.24, 2.45) is 0 Å². The molecule has 0 fully saturated rings. The van der Waals surface area contributed by atoms with E-state index < -0.39 is 0 Å². The summed E-state index contributed by atoms with van der Waals surface area (Å²) in [5.74, 6) is 0. The highest BCUT2D eigenvalue weighted by Crippen LogP contribution is 2.38. The first kappa shape index (κ1) is 28.8. The van der Waals surface area contributed by atoms with E-state index >= 15 is 0 Å². The van der Waals surface area contributed by atoms with Gasteiger partial charge in [-0.25, -0.2) is 0 Å². The Hall–Kier alpha value is -7.39. The number of nitriles is 3. The van der Waals surface area contributed by atoms with E-state index in [1.165, 1.54) is 0 Å². The Labute approximate surface area is 287 Å². The zero-order chi connectivity index (χ0) is 33.8. The fraction of sp³-hybridized carbons (Fsp3) is 0. The van der Waals surface area contributed by atoms with E-state index in [1.807, 2.05) is 84.9 Å². The van der Waals surface area contributed by atoms with Gasteiger partial charge >= 0.3 is 0 Å². The van der Waals surface area contributed by atoms with Crippen LogP contribution in [0.3, 0.4) is 0 Å².